The number of aromatic nitrogens is 3. The van der Waals surface area contributed by atoms with Gasteiger partial charge >= 0.3 is 0 Å². The van der Waals surface area contributed by atoms with Crippen molar-refractivity contribution in [3.05, 3.63) is 90.3 Å². The molecule has 0 N–H and O–H groups in total. The lowest BCUT2D eigenvalue weighted by Gasteiger charge is -2.39. The lowest BCUT2D eigenvalue weighted by Crippen LogP contribution is -2.49. The van der Waals surface area contributed by atoms with Gasteiger partial charge in [-0.05, 0) is 37.2 Å². The third-order valence-corrected chi connectivity index (χ3v) is 6.35. The Morgan fingerprint density at radius 2 is 1.91 bits per heavy atom. The van der Waals surface area contributed by atoms with Crippen LogP contribution in [0, 0.1) is 6.92 Å². The van der Waals surface area contributed by atoms with Crippen molar-refractivity contribution in [1.82, 2.24) is 24.2 Å². The van der Waals surface area contributed by atoms with Crippen LogP contribution >= 0.6 is 0 Å². The molecule has 32 heavy (non-hydrogen) atoms. The van der Waals surface area contributed by atoms with Crippen LogP contribution in [0.1, 0.15) is 22.9 Å². The first kappa shape index (κ1) is 20.4. The highest BCUT2D eigenvalue weighted by molar-refractivity contribution is 5.79. The average Bonchev–Trinajstić information content (AvgIpc) is 3.24. The summed E-state index contributed by atoms with van der Waals surface area (Å²) < 4.78 is 2.07. The molecule has 0 aliphatic carbocycles. The van der Waals surface area contributed by atoms with Gasteiger partial charge in [0.05, 0.1) is 30.0 Å². The van der Waals surface area contributed by atoms with E-state index in [1.807, 2.05) is 35.6 Å². The monoisotopic (exact) mass is 425 g/mol. The Labute approximate surface area is 188 Å². The van der Waals surface area contributed by atoms with Crippen LogP contribution in [0.25, 0.3) is 16.6 Å². The van der Waals surface area contributed by atoms with Gasteiger partial charge in [0.1, 0.15) is 0 Å². The minimum absolute atomic E-state index is 0.0694. The number of hydrogen-bond donors (Lipinski definition) is 0. The van der Waals surface area contributed by atoms with Gasteiger partial charge in [-0.1, -0.05) is 42.0 Å². The highest BCUT2D eigenvalue weighted by Crippen LogP contribution is 2.28. The van der Waals surface area contributed by atoms with E-state index in [9.17, 15) is 4.79 Å². The molecule has 1 fully saturated rings. The van der Waals surface area contributed by atoms with E-state index in [0.717, 1.165) is 41.0 Å². The van der Waals surface area contributed by atoms with Crippen LogP contribution in [-0.2, 0) is 11.2 Å². The van der Waals surface area contributed by atoms with Crippen LogP contribution < -0.4 is 0 Å². The van der Waals surface area contributed by atoms with E-state index in [4.69, 9.17) is 4.98 Å². The summed E-state index contributed by atoms with van der Waals surface area (Å²) in [5, 5.41) is 0. The first-order valence-electron chi connectivity index (χ1n) is 11.0. The zero-order chi connectivity index (χ0) is 22.1. The zero-order valence-electron chi connectivity index (χ0n) is 18.5. The summed E-state index contributed by atoms with van der Waals surface area (Å²) in [6, 6.07) is 16.5. The van der Waals surface area contributed by atoms with E-state index in [0.29, 0.717) is 13.0 Å². The smallest absolute Gasteiger partial charge is 0.227 e. The summed E-state index contributed by atoms with van der Waals surface area (Å²) in [5.74, 6) is 0.175. The SMILES string of the molecule is Cc1ccc(CC(=O)N2CCN(C)[C@@H](c3ncn4cc(-c5cccnc5)ccc34)C2)cc1. The normalized spacial score (nSPS) is 17.1. The molecule has 0 spiro atoms. The van der Waals surface area contributed by atoms with Gasteiger partial charge in [-0.2, -0.15) is 0 Å². The first-order valence-corrected chi connectivity index (χ1v) is 11.0. The second-order valence-electron chi connectivity index (χ2n) is 8.58. The number of benzene rings is 1. The molecule has 1 aliphatic heterocycles. The van der Waals surface area contributed by atoms with E-state index < -0.39 is 0 Å². The number of likely N-dealkylation sites (N-methyl/N-ethyl adjacent to an activating group) is 1. The summed E-state index contributed by atoms with van der Waals surface area (Å²) in [7, 11) is 2.11. The number of carbonyl (C=O) groups excluding carboxylic acids is 1. The van der Waals surface area contributed by atoms with Crippen molar-refractivity contribution in [3.63, 3.8) is 0 Å². The molecule has 1 saturated heterocycles. The van der Waals surface area contributed by atoms with Crippen LogP contribution in [0.5, 0.6) is 0 Å². The van der Waals surface area contributed by atoms with E-state index in [1.54, 1.807) is 6.20 Å². The molecule has 4 heterocycles. The van der Waals surface area contributed by atoms with Gasteiger partial charge < -0.3 is 9.30 Å². The van der Waals surface area contributed by atoms with Crippen LogP contribution in [-0.4, -0.2) is 56.8 Å². The number of imidazole rings is 1. The molecule has 1 amide bonds. The summed E-state index contributed by atoms with van der Waals surface area (Å²) >= 11 is 0. The Hall–Kier alpha value is -3.51. The molecule has 0 unspecified atom stereocenters. The summed E-state index contributed by atoms with van der Waals surface area (Å²) in [4.78, 5) is 26.3. The highest BCUT2D eigenvalue weighted by Gasteiger charge is 2.31. The van der Waals surface area contributed by atoms with E-state index >= 15 is 0 Å². The fourth-order valence-electron chi connectivity index (χ4n) is 4.37. The number of aryl methyl sites for hydroxylation is 1. The second-order valence-corrected chi connectivity index (χ2v) is 8.58. The fourth-order valence-corrected chi connectivity index (χ4v) is 4.37. The molecule has 0 bridgehead atoms. The fraction of sp³-hybridized carbons (Fsp3) is 0.269. The third kappa shape index (κ3) is 4.01. The number of pyridine rings is 2. The van der Waals surface area contributed by atoms with Crippen molar-refractivity contribution in [2.75, 3.05) is 26.7 Å². The molecule has 6 heteroatoms. The Morgan fingerprint density at radius 1 is 1.06 bits per heavy atom. The van der Waals surface area contributed by atoms with Crippen molar-refractivity contribution < 1.29 is 4.79 Å². The largest absolute Gasteiger partial charge is 0.339 e. The van der Waals surface area contributed by atoms with Gasteiger partial charge in [-0.3, -0.25) is 14.7 Å². The van der Waals surface area contributed by atoms with Crippen LogP contribution in [0.3, 0.4) is 0 Å². The lowest BCUT2D eigenvalue weighted by molar-refractivity contribution is -0.133. The molecule has 1 atom stereocenters. The maximum absolute atomic E-state index is 13.0. The van der Waals surface area contributed by atoms with Gasteiger partial charge in [-0.15, -0.1) is 0 Å². The standard InChI is InChI=1S/C26H27N5O/c1-19-5-7-20(8-6-19)14-25(32)30-13-12-29(2)24(17-30)26-23-10-9-22(16-31(23)18-28-26)21-4-3-11-27-15-21/h3-11,15-16,18,24H,12-14,17H2,1-2H3/t24-/m1/s1. The summed E-state index contributed by atoms with van der Waals surface area (Å²) in [5.41, 5.74) is 6.53. The van der Waals surface area contributed by atoms with Crippen LogP contribution in [0.15, 0.2) is 73.4 Å². The average molecular weight is 426 g/mol. The van der Waals surface area contributed by atoms with Gasteiger partial charge in [0, 0.05) is 43.8 Å². The van der Waals surface area contributed by atoms with E-state index in [-0.39, 0.29) is 11.9 Å². The minimum atomic E-state index is 0.0694. The number of carbonyl (C=O) groups is 1. The zero-order valence-corrected chi connectivity index (χ0v) is 18.5. The Balaban J connectivity index is 1.37. The Bertz CT molecular complexity index is 1230. The van der Waals surface area contributed by atoms with E-state index in [1.165, 1.54) is 5.56 Å². The minimum Gasteiger partial charge on any atom is -0.339 e. The van der Waals surface area contributed by atoms with Crippen molar-refractivity contribution in [1.29, 1.82) is 0 Å². The quantitative estimate of drug-likeness (QED) is 0.500. The first-order chi connectivity index (χ1) is 15.6. The topological polar surface area (TPSA) is 53.7 Å². The molecular formula is C26H27N5O. The van der Waals surface area contributed by atoms with Crippen LogP contribution in [0.2, 0.25) is 0 Å². The number of amides is 1. The molecule has 0 saturated carbocycles. The number of nitrogens with zero attached hydrogens (tertiary/aromatic N) is 5. The van der Waals surface area contributed by atoms with Gasteiger partial charge in [0.2, 0.25) is 5.91 Å². The van der Waals surface area contributed by atoms with Crippen molar-refractivity contribution in [2.24, 2.45) is 0 Å². The number of rotatable bonds is 4. The Morgan fingerprint density at radius 3 is 2.69 bits per heavy atom. The maximum atomic E-state index is 13.0. The van der Waals surface area contributed by atoms with Gasteiger partial charge in [0.15, 0.2) is 0 Å². The predicted molar refractivity (Wildman–Crippen MR) is 125 cm³/mol. The number of hydrogen-bond acceptors (Lipinski definition) is 4. The molecule has 1 aliphatic rings. The molecule has 162 valence electrons. The lowest BCUT2D eigenvalue weighted by atomic mass is 10.0. The van der Waals surface area contributed by atoms with Crippen molar-refractivity contribution >= 4 is 11.4 Å². The number of fused-ring (bicyclic) bond motifs is 1. The van der Waals surface area contributed by atoms with Crippen LogP contribution in [0.4, 0.5) is 0 Å². The molecule has 6 nitrogen and oxygen atoms in total. The molecule has 3 aromatic heterocycles. The summed E-state index contributed by atoms with van der Waals surface area (Å²) in [6.07, 6.45) is 8.04. The van der Waals surface area contributed by atoms with E-state index in [2.05, 4.69) is 64.8 Å². The molecule has 0 radical (unpaired) electrons. The maximum Gasteiger partial charge on any atom is 0.227 e. The Kier molecular flexibility index (Phi) is 5.45. The summed E-state index contributed by atoms with van der Waals surface area (Å²) in [6.45, 7) is 4.29. The van der Waals surface area contributed by atoms with Crippen molar-refractivity contribution in [2.45, 2.75) is 19.4 Å². The van der Waals surface area contributed by atoms with Gasteiger partial charge in [0.25, 0.3) is 0 Å². The highest BCUT2D eigenvalue weighted by atomic mass is 16.2. The third-order valence-electron chi connectivity index (χ3n) is 6.35. The van der Waals surface area contributed by atoms with Gasteiger partial charge in [-0.25, -0.2) is 4.98 Å². The second kappa shape index (κ2) is 8.55. The van der Waals surface area contributed by atoms with Crippen molar-refractivity contribution in [3.8, 4) is 11.1 Å². The predicted octanol–water partition coefficient (Wildman–Crippen LogP) is 3.76. The molecule has 4 aromatic rings. The molecule has 1 aromatic carbocycles. The molecule has 5 rings (SSSR count). The number of piperazine rings is 1. The molecular weight excluding hydrogens is 398 g/mol.